The van der Waals surface area contributed by atoms with E-state index in [4.69, 9.17) is 22.1 Å². The predicted octanol–water partition coefficient (Wildman–Crippen LogP) is 2.79. The number of halogens is 1. The summed E-state index contributed by atoms with van der Waals surface area (Å²) in [4.78, 5) is 0. The van der Waals surface area contributed by atoms with Gasteiger partial charge in [0.15, 0.2) is 0 Å². The summed E-state index contributed by atoms with van der Waals surface area (Å²) in [7, 11) is 0. The molecule has 1 saturated heterocycles. The molecule has 3 rings (SSSR count). The minimum Gasteiger partial charge on any atom is -0.381 e. The normalized spacial score (nSPS) is 27.0. The van der Waals surface area contributed by atoms with Gasteiger partial charge in [-0.25, -0.2) is 0 Å². The van der Waals surface area contributed by atoms with Crippen molar-refractivity contribution in [2.45, 2.75) is 30.7 Å². The average Bonchev–Trinajstić information content (AvgIpc) is 2.82. The molecule has 1 aliphatic carbocycles. The second kappa shape index (κ2) is 3.73. The van der Waals surface area contributed by atoms with E-state index in [-0.39, 0.29) is 5.54 Å². The van der Waals surface area contributed by atoms with Gasteiger partial charge in [-0.1, -0.05) is 23.7 Å². The topological polar surface area (TPSA) is 35.2 Å². The minimum absolute atomic E-state index is 0.0889. The summed E-state index contributed by atoms with van der Waals surface area (Å²) in [5, 5.41) is 0.852. The Morgan fingerprint density at radius 3 is 2.75 bits per heavy atom. The molecule has 2 fully saturated rings. The highest BCUT2D eigenvalue weighted by atomic mass is 35.5. The van der Waals surface area contributed by atoms with Crippen molar-refractivity contribution in [2.24, 2.45) is 5.73 Å². The summed E-state index contributed by atoms with van der Waals surface area (Å²) in [6.07, 6.45) is 3.23. The third-order valence-corrected chi connectivity index (χ3v) is 4.06. The lowest BCUT2D eigenvalue weighted by molar-refractivity contribution is 0.194. The fourth-order valence-corrected chi connectivity index (χ4v) is 2.71. The molecule has 0 spiro atoms. The Hall–Kier alpha value is -0.570. The number of benzene rings is 1. The molecule has 2 nitrogen and oxygen atoms in total. The van der Waals surface area contributed by atoms with Crippen LogP contribution in [0.1, 0.15) is 36.3 Å². The van der Waals surface area contributed by atoms with Gasteiger partial charge in [-0.2, -0.15) is 0 Å². The van der Waals surface area contributed by atoms with Crippen LogP contribution in [0.5, 0.6) is 0 Å². The Bertz CT molecular complexity index is 408. The van der Waals surface area contributed by atoms with Gasteiger partial charge in [0.25, 0.3) is 0 Å². The fraction of sp³-hybridized carbons (Fsp3) is 0.538. The first-order chi connectivity index (χ1) is 7.69. The van der Waals surface area contributed by atoms with Crippen molar-refractivity contribution in [2.75, 3.05) is 13.2 Å². The Kier molecular flexibility index (Phi) is 2.46. The van der Waals surface area contributed by atoms with Gasteiger partial charge < -0.3 is 10.5 Å². The Balaban J connectivity index is 1.90. The Labute approximate surface area is 101 Å². The van der Waals surface area contributed by atoms with Crippen molar-refractivity contribution in [3.05, 3.63) is 34.3 Å². The highest BCUT2D eigenvalue weighted by Crippen LogP contribution is 2.44. The Morgan fingerprint density at radius 2 is 2.19 bits per heavy atom. The van der Waals surface area contributed by atoms with Gasteiger partial charge in [0.05, 0.1) is 6.61 Å². The van der Waals surface area contributed by atoms with Gasteiger partial charge in [-0.3, -0.25) is 0 Å². The van der Waals surface area contributed by atoms with E-state index in [9.17, 15) is 0 Å². The van der Waals surface area contributed by atoms with Crippen LogP contribution < -0.4 is 5.73 Å². The molecule has 1 aromatic rings. The summed E-state index contributed by atoms with van der Waals surface area (Å²) < 4.78 is 5.39. The van der Waals surface area contributed by atoms with Gasteiger partial charge >= 0.3 is 0 Å². The van der Waals surface area contributed by atoms with Crippen LogP contribution in [0.25, 0.3) is 0 Å². The minimum atomic E-state index is -0.0889. The molecule has 0 bridgehead atoms. The summed E-state index contributed by atoms with van der Waals surface area (Å²) in [6, 6.07) is 6.30. The van der Waals surface area contributed by atoms with E-state index in [1.165, 1.54) is 11.1 Å². The summed E-state index contributed by atoms with van der Waals surface area (Å²) in [5.74, 6) is 0.467. The third-order valence-electron chi connectivity index (χ3n) is 3.73. The molecule has 16 heavy (non-hydrogen) atoms. The summed E-state index contributed by atoms with van der Waals surface area (Å²) >= 11 is 6.33. The van der Waals surface area contributed by atoms with Crippen molar-refractivity contribution in [1.82, 2.24) is 0 Å². The number of ether oxygens (including phenoxy) is 1. The monoisotopic (exact) mass is 237 g/mol. The first-order valence-electron chi connectivity index (χ1n) is 5.86. The van der Waals surface area contributed by atoms with Crippen LogP contribution in [0.2, 0.25) is 5.02 Å². The second-order valence-corrected chi connectivity index (χ2v) is 5.36. The second-order valence-electron chi connectivity index (χ2n) is 4.95. The van der Waals surface area contributed by atoms with Crippen LogP contribution in [-0.2, 0) is 10.3 Å². The van der Waals surface area contributed by atoms with Crippen LogP contribution in [0.15, 0.2) is 18.2 Å². The zero-order chi connectivity index (χ0) is 11.2. The van der Waals surface area contributed by atoms with E-state index < -0.39 is 0 Å². The SMILES string of the molecule is NC1(c2ccc(C3CCOC3)c(Cl)c2)CC1. The Morgan fingerprint density at radius 1 is 1.38 bits per heavy atom. The number of hydrogen-bond donors (Lipinski definition) is 1. The van der Waals surface area contributed by atoms with Crippen LogP contribution in [0, 0.1) is 0 Å². The van der Waals surface area contributed by atoms with E-state index in [1.54, 1.807) is 0 Å². The number of hydrogen-bond acceptors (Lipinski definition) is 2. The molecule has 0 amide bonds. The van der Waals surface area contributed by atoms with Gasteiger partial charge in [-0.05, 0) is 36.5 Å². The van der Waals surface area contributed by atoms with E-state index in [1.807, 2.05) is 6.07 Å². The highest BCUT2D eigenvalue weighted by Gasteiger charge is 2.40. The van der Waals surface area contributed by atoms with Gasteiger partial charge in [-0.15, -0.1) is 0 Å². The lowest BCUT2D eigenvalue weighted by Crippen LogP contribution is -2.18. The van der Waals surface area contributed by atoms with Crippen molar-refractivity contribution in [3.8, 4) is 0 Å². The van der Waals surface area contributed by atoms with Gasteiger partial charge in [0.2, 0.25) is 0 Å². The summed E-state index contributed by atoms with van der Waals surface area (Å²) in [5.41, 5.74) is 8.46. The first kappa shape index (κ1) is 10.6. The van der Waals surface area contributed by atoms with Crippen LogP contribution in [0.3, 0.4) is 0 Å². The van der Waals surface area contributed by atoms with Crippen LogP contribution in [-0.4, -0.2) is 13.2 Å². The van der Waals surface area contributed by atoms with Crippen molar-refractivity contribution < 1.29 is 4.74 Å². The van der Waals surface area contributed by atoms with E-state index in [2.05, 4.69) is 12.1 Å². The molecule has 1 atom stereocenters. The standard InChI is InChI=1S/C13H16ClNO/c14-12-7-10(13(15)4-5-13)1-2-11(12)9-3-6-16-8-9/h1-2,7,9H,3-6,8,15H2. The van der Waals surface area contributed by atoms with E-state index in [0.29, 0.717) is 5.92 Å². The lowest BCUT2D eigenvalue weighted by atomic mass is 9.95. The van der Waals surface area contributed by atoms with Crippen molar-refractivity contribution in [1.29, 1.82) is 0 Å². The van der Waals surface area contributed by atoms with Gasteiger partial charge in [0, 0.05) is 23.1 Å². The number of rotatable bonds is 2. The number of nitrogens with two attached hydrogens (primary N) is 1. The first-order valence-corrected chi connectivity index (χ1v) is 6.23. The smallest absolute Gasteiger partial charge is 0.0536 e. The highest BCUT2D eigenvalue weighted by molar-refractivity contribution is 6.31. The molecule has 1 aromatic carbocycles. The zero-order valence-electron chi connectivity index (χ0n) is 9.21. The molecular weight excluding hydrogens is 222 g/mol. The predicted molar refractivity (Wildman–Crippen MR) is 64.7 cm³/mol. The molecular formula is C13H16ClNO. The van der Waals surface area contributed by atoms with Crippen molar-refractivity contribution in [3.63, 3.8) is 0 Å². The van der Waals surface area contributed by atoms with E-state index in [0.717, 1.165) is 37.5 Å². The largest absolute Gasteiger partial charge is 0.381 e. The van der Waals surface area contributed by atoms with Crippen LogP contribution in [0.4, 0.5) is 0 Å². The maximum Gasteiger partial charge on any atom is 0.0536 e. The molecule has 3 heteroatoms. The lowest BCUT2D eigenvalue weighted by Gasteiger charge is -2.14. The molecule has 2 aliphatic rings. The molecule has 0 aromatic heterocycles. The maximum atomic E-state index is 6.33. The molecule has 1 heterocycles. The molecule has 86 valence electrons. The molecule has 1 unspecified atom stereocenters. The zero-order valence-corrected chi connectivity index (χ0v) is 9.96. The quantitative estimate of drug-likeness (QED) is 0.859. The maximum absolute atomic E-state index is 6.33. The van der Waals surface area contributed by atoms with E-state index >= 15 is 0 Å². The summed E-state index contributed by atoms with van der Waals surface area (Å²) in [6.45, 7) is 1.65. The molecule has 0 radical (unpaired) electrons. The molecule has 1 aliphatic heterocycles. The fourth-order valence-electron chi connectivity index (χ4n) is 2.37. The third kappa shape index (κ3) is 1.75. The molecule has 2 N–H and O–H groups in total. The molecule has 1 saturated carbocycles. The van der Waals surface area contributed by atoms with Crippen LogP contribution >= 0.6 is 11.6 Å². The average molecular weight is 238 g/mol. The van der Waals surface area contributed by atoms with Crippen molar-refractivity contribution >= 4 is 11.6 Å². The van der Waals surface area contributed by atoms with Gasteiger partial charge in [0.1, 0.15) is 0 Å².